The van der Waals surface area contributed by atoms with Gasteiger partial charge in [-0.2, -0.15) is 0 Å². The van der Waals surface area contributed by atoms with E-state index in [9.17, 15) is 14.4 Å². The third-order valence-corrected chi connectivity index (χ3v) is 3.50. The molecule has 6 heteroatoms. The van der Waals surface area contributed by atoms with Crippen LogP contribution in [0.25, 0.3) is 12.2 Å². The standard InChI is InChI=1S/C15H13NO4S/c1-2-20-14(18)9-12-15(19)16-13(21-12)8-11(17)10-6-4-3-5-7-10/h3-9H,2H2,1H3,(H,16,19)/b12-9-,13-8-. The Morgan fingerprint density at radius 2 is 1.95 bits per heavy atom. The molecule has 0 spiro atoms. The maximum atomic E-state index is 12.0. The summed E-state index contributed by atoms with van der Waals surface area (Å²) in [6, 6.07) is 8.72. The van der Waals surface area contributed by atoms with Gasteiger partial charge in [0.05, 0.1) is 11.3 Å². The molecule has 1 aromatic carbocycles. The van der Waals surface area contributed by atoms with E-state index in [4.69, 9.17) is 4.74 Å². The second-order valence-electron chi connectivity index (χ2n) is 4.06. The molecule has 0 radical (unpaired) electrons. The van der Waals surface area contributed by atoms with Crippen molar-refractivity contribution < 1.29 is 14.3 Å². The fraction of sp³-hybridized carbons (Fsp3) is 0.133. The first-order valence-electron chi connectivity index (χ1n) is 6.29. The topological polar surface area (TPSA) is 76.2 Å². The number of hydrogen-bond donors (Lipinski definition) is 1. The number of carbonyl (C=O) groups excluding carboxylic acids is 2. The fourth-order valence-corrected chi connectivity index (χ4v) is 2.47. The van der Waals surface area contributed by atoms with Gasteiger partial charge in [0.25, 0.3) is 5.56 Å². The van der Waals surface area contributed by atoms with E-state index in [2.05, 4.69) is 4.98 Å². The number of hydrogen-bond acceptors (Lipinski definition) is 5. The maximum Gasteiger partial charge on any atom is 0.332 e. The van der Waals surface area contributed by atoms with Crippen LogP contribution in [-0.2, 0) is 9.53 Å². The molecule has 2 rings (SSSR count). The van der Waals surface area contributed by atoms with Crippen LogP contribution in [-0.4, -0.2) is 23.3 Å². The van der Waals surface area contributed by atoms with Crippen molar-refractivity contribution in [2.75, 3.05) is 6.61 Å². The highest BCUT2D eigenvalue weighted by molar-refractivity contribution is 7.07. The summed E-state index contributed by atoms with van der Waals surface area (Å²) in [5.74, 6) is -0.790. The fourth-order valence-electron chi connectivity index (χ4n) is 1.62. The van der Waals surface area contributed by atoms with Gasteiger partial charge in [0.15, 0.2) is 5.78 Å². The molecule has 0 amide bonds. The number of rotatable bonds is 4. The second kappa shape index (κ2) is 6.81. The summed E-state index contributed by atoms with van der Waals surface area (Å²) in [7, 11) is 0. The van der Waals surface area contributed by atoms with Crippen LogP contribution in [0.15, 0.2) is 35.1 Å². The summed E-state index contributed by atoms with van der Waals surface area (Å²) >= 11 is 1.04. The normalized spacial score (nSPS) is 12.4. The van der Waals surface area contributed by atoms with Gasteiger partial charge in [0.2, 0.25) is 0 Å². The lowest BCUT2D eigenvalue weighted by atomic mass is 10.1. The van der Waals surface area contributed by atoms with Crippen LogP contribution >= 0.6 is 11.3 Å². The molecule has 2 aromatic rings. The monoisotopic (exact) mass is 303 g/mol. The highest BCUT2D eigenvalue weighted by atomic mass is 32.1. The first-order chi connectivity index (χ1) is 10.1. The Kier molecular flexibility index (Phi) is 4.84. The van der Waals surface area contributed by atoms with Crippen molar-refractivity contribution in [1.29, 1.82) is 0 Å². The second-order valence-corrected chi connectivity index (χ2v) is 5.14. The highest BCUT2D eigenvalue weighted by Gasteiger charge is 2.03. The van der Waals surface area contributed by atoms with Gasteiger partial charge < -0.3 is 9.72 Å². The van der Waals surface area contributed by atoms with E-state index in [0.29, 0.717) is 10.2 Å². The molecule has 0 unspecified atom stereocenters. The van der Waals surface area contributed by atoms with Crippen molar-refractivity contribution in [2.45, 2.75) is 6.92 Å². The molecule has 0 aliphatic carbocycles. The van der Waals surface area contributed by atoms with Gasteiger partial charge >= 0.3 is 5.97 Å². The van der Waals surface area contributed by atoms with E-state index in [-0.39, 0.29) is 16.9 Å². The minimum Gasteiger partial charge on any atom is -0.463 e. The Labute approximate surface area is 124 Å². The lowest BCUT2D eigenvalue weighted by Gasteiger charge is -1.92. The molecule has 0 aliphatic rings. The maximum absolute atomic E-state index is 12.0. The Morgan fingerprint density at radius 3 is 2.62 bits per heavy atom. The number of ketones is 1. The van der Waals surface area contributed by atoms with Crippen LogP contribution in [0, 0.1) is 0 Å². The van der Waals surface area contributed by atoms with Gasteiger partial charge in [-0.05, 0) is 6.92 Å². The SMILES string of the molecule is CCOC(=O)/C=c1\s/c(=C\C(=O)c2ccccc2)[nH]c1=O. The molecule has 1 aromatic heterocycles. The number of ether oxygens (including phenoxy) is 1. The number of aromatic nitrogens is 1. The number of carbonyl (C=O) groups is 2. The van der Waals surface area contributed by atoms with Crippen molar-refractivity contribution in [3.05, 3.63) is 55.4 Å². The summed E-state index contributed by atoms with van der Waals surface area (Å²) < 4.78 is 5.34. The van der Waals surface area contributed by atoms with Gasteiger partial charge in [-0.1, -0.05) is 30.3 Å². The van der Waals surface area contributed by atoms with Crippen LogP contribution in [0.5, 0.6) is 0 Å². The molecule has 1 heterocycles. The Hall–Kier alpha value is -2.47. The molecule has 21 heavy (non-hydrogen) atoms. The van der Waals surface area contributed by atoms with Crippen LogP contribution in [0.4, 0.5) is 0 Å². The molecule has 108 valence electrons. The third-order valence-electron chi connectivity index (χ3n) is 2.54. The lowest BCUT2D eigenvalue weighted by molar-refractivity contribution is -0.135. The van der Waals surface area contributed by atoms with E-state index in [1.54, 1.807) is 31.2 Å². The summed E-state index contributed by atoms with van der Waals surface area (Å²) in [6.45, 7) is 1.92. The molecule has 5 nitrogen and oxygen atoms in total. The predicted octanol–water partition coefficient (Wildman–Crippen LogP) is 0.443. The van der Waals surface area contributed by atoms with Crippen molar-refractivity contribution >= 4 is 35.2 Å². The quantitative estimate of drug-likeness (QED) is 0.657. The van der Waals surface area contributed by atoms with Crippen molar-refractivity contribution in [2.24, 2.45) is 0 Å². The number of Topliss-reactive ketones (excluding diaryl/α,β-unsaturated/α-hetero) is 1. The zero-order chi connectivity index (χ0) is 15.2. The number of aromatic amines is 1. The van der Waals surface area contributed by atoms with Gasteiger partial charge in [0.1, 0.15) is 4.53 Å². The predicted molar refractivity (Wildman–Crippen MR) is 80.5 cm³/mol. The average molecular weight is 303 g/mol. The molecular weight excluding hydrogens is 290 g/mol. The highest BCUT2D eigenvalue weighted by Crippen LogP contribution is 2.00. The molecule has 1 N–H and O–H groups in total. The van der Waals surface area contributed by atoms with E-state index < -0.39 is 11.5 Å². The van der Waals surface area contributed by atoms with E-state index in [1.807, 2.05) is 6.07 Å². The van der Waals surface area contributed by atoms with E-state index in [0.717, 1.165) is 17.4 Å². The van der Waals surface area contributed by atoms with Crippen LogP contribution in [0.2, 0.25) is 0 Å². The molecule has 0 saturated heterocycles. The molecule has 0 saturated carbocycles. The Morgan fingerprint density at radius 1 is 1.24 bits per heavy atom. The van der Waals surface area contributed by atoms with E-state index in [1.165, 1.54) is 6.08 Å². The molecule has 0 aliphatic heterocycles. The number of esters is 1. The number of H-pyrrole nitrogens is 1. The van der Waals surface area contributed by atoms with Crippen molar-refractivity contribution in [3.8, 4) is 0 Å². The van der Waals surface area contributed by atoms with Gasteiger partial charge in [0, 0.05) is 17.7 Å². The summed E-state index contributed by atoms with van der Waals surface area (Å²) in [5, 5.41) is 0. The zero-order valence-electron chi connectivity index (χ0n) is 11.3. The Bertz CT molecular complexity index is 817. The van der Waals surface area contributed by atoms with Crippen LogP contribution in [0.3, 0.4) is 0 Å². The largest absolute Gasteiger partial charge is 0.463 e. The van der Waals surface area contributed by atoms with Crippen LogP contribution < -0.4 is 14.8 Å². The molecular formula is C15H13NO4S. The van der Waals surface area contributed by atoms with Crippen LogP contribution in [0.1, 0.15) is 17.3 Å². The number of benzene rings is 1. The number of nitrogens with one attached hydrogen (secondary N) is 1. The first kappa shape index (κ1) is 14.9. The first-order valence-corrected chi connectivity index (χ1v) is 7.10. The molecule has 0 fully saturated rings. The van der Waals surface area contributed by atoms with Gasteiger partial charge in [-0.15, -0.1) is 11.3 Å². The molecule has 0 bridgehead atoms. The van der Waals surface area contributed by atoms with Gasteiger partial charge in [-0.25, -0.2) is 4.79 Å². The average Bonchev–Trinajstić information content (AvgIpc) is 2.80. The molecule has 0 atom stereocenters. The smallest absolute Gasteiger partial charge is 0.332 e. The summed E-state index contributed by atoms with van der Waals surface area (Å²) in [6.07, 6.45) is 2.46. The number of thiazole rings is 1. The van der Waals surface area contributed by atoms with Crippen molar-refractivity contribution in [3.63, 3.8) is 0 Å². The summed E-state index contributed by atoms with van der Waals surface area (Å²) in [5.41, 5.74) is 0.114. The summed E-state index contributed by atoms with van der Waals surface area (Å²) in [4.78, 5) is 37.5. The zero-order valence-corrected chi connectivity index (χ0v) is 12.1. The third kappa shape index (κ3) is 4.00. The van der Waals surface area contributed by atoms with E-state index >= 15 is 0 Å². The minimum absolute atomic E-state index is 0.209. The van der Waals surface area contributed by atoms with Crippen molar-refractivity contribution in [1.82, 2.24) is 4.98 Å². The van der Waals surface area contributed by atoms with Gasteiger partial charge in [-0.3, -0.25) is 9.59 Å². The Balaban J connectivity index is 2.35. The lowest BCUT2D eigenvalue weighted by Crippen LogP contribution is -2.21. The minimum atomic E-state index is -0.578.